The predicted octanol–water partition coefficient (Wildman–Crippen LogP) is 5.94. The fourth-order valence-corrected chi connectivity index (χ4v) is 10.8. The molecular formula is C38H53NO7Si. The van der Waals surface area contributed by atoms with Crippen molar-refractivity contribution < 1.29 is 33.3 Å². The van der Waals surface area contributed by atoms with E-state index in [1.165, 1.54) is 0 Å². The van der Waals surface area contributed by atoms with Gasteiger partial charge in [0, 0.05) is 0 Å². The molecule has 1 saturated heterocycles. The van der Waals surface area contributed by atoms with Gasteiger partial charge in [-0.15, -0.1) is 0 Å². The van der Waals surface area contributed by atoms with Crippen LogP contribution in [0.3, 0.4) is 0 Å². The smallest absolute Gasteiger partial charge is 0.407 e. The van der Waals surface area contributed by atoms with Gasteiger partial charge in [-0.3, -0.25) is 0 Å². The summed E-state index contributed by atoms with van der Waals surface area (Å²) in [5.74, 6) is -0.847. The Balaban J connectivity index is 1.75. The molecule has 0 aromatic heterocycles. The third-order valence-corrected chi connectivity index (χ3v) is 13.3. The summed E-state index contributed by atoms with van der Waals surface area (Å²) in [5, 5.41) is 17.0. The fraction of sp³-hybridized carbons (Fsp3) is 0.500. The van der Waals surface area contributed by atoms with E-state index in [0.717, 1.165) is 15.9 Å². The number of ether oxygens (including phenoxy) is 4. The lowest BCUT2D eigenvalue weighted by Gasteiger charge is -2.46. The number of amides is 1. The number of hydrogen-bond acceptors (Lipinski definition) is 7. The van der Waals surface area contributed by atoms with Crippen LogP contribution in [0.4, 0.5) is 4.79 Å². The summed E-state index contributed by atoms with van der Waals surface area (Å²) in [5.41, 5.74) is 0.326. The van der Waals surface area contributed by atoms with Gasteiger partial charge in [-0.1, -0.05) is 112 Å². The first-order valence-corrected chi connectivity index (χ1v) is 18.4. The second-order valence-electron chi connectivity index (χ2n) is 14.8. The number of rotatable bonds is 13. The van der Waals surface area contributed by atoms with Gasteiger partial charge in [0.25, 0.3) is 8.32 Å². The molecule has 3 aromatic rings. The number of benzene rings is 3. The molecule has 0 spiro atoms. The van der Waals surface area contributed by atoms with Gasteiger partial charge in [-0.05, 0) is 62.0 Å². The molecule has 8 nitrogen and oxygen atoms in total. The summed E-state index contributed by atoms with van der Waals surface area (Å²) in [6.07, 6.45) is -2.81. The molecule has 256 valence electrons. The Morgan fingerprint density at radius 1 is 0.915 bits per heavy atom. The number of aliphatic hydroxyl groups excluding tert-OH is 1. The Morgan fingerprint density at radius 2 is 1.45 bits per heavy atom. The highest BCUT2D eigenvalue weighted by Gasteiger charge is 2.53. The molecule has 1 aliphatic heterocycles. The standard InChI is InChI=1S/C38H53NO7Si/c1-36(2,3)45-35(41)39-29(26-42-25-28-18-12-9-13-19-28)24-32(34(40)33-27-43-38(7,8)44-33)46-47(37(4,5)6,30-20-14-10-15-21-30)31-22-16-11-17-23-31/h9-23,29,32-34,40H,24-27H2,1-8H3,(H,39,41)/t29-,32?,33-,34-/m0/s1. The molecule has 0 saturated carbocycles. The summed E-state index contributed by atoms with van der Waals surface area (Å²) in [6, 6.07) is 29.9. The number of carbonyl (C=O) groups excluding carboxylic acids is 1. The molecule has 2 N–H and O–H groups in total. The highest BCUT2D eigenvalue weighted by Crippen LogP contribution is 2.39. The molecule has 4 rings (SSSR count). The molecular weight excluding hydrogens is 611 g/mol. The zero-order valence-electron chi connectivity index (χ0n) is 29.2. The van der Waals surface area contributed by atoms with E-state index in [0.29, 0.717) is 6.61 Å². The molecule has 1 fully saturated rings. The number of hydrogen-bond donors (Lipinski definition) is 2. The SMILES string of the molecule is CC(C)(C)OC(=O)N[C@H](COCc1ccccc1)CC(O[Si](c1ccccc1)(c1ccccc1)C(C)(C)C)[C@H](O)[C@@H]1COC(C)(C)O1. The van der Waals surface area contributed by atoms with Gasteiger partial charge in [0.15, 0.2) is 5.79 Å². The molecule has 1 heterocycles. The van der Waals surface area contributed by atoms with Crippen molar-refractivity contribution in [3.8, 4) is 0 Å². The van der Waals surface area contributed by atoms with Crippen molar-refractivity contribution in [3.63, 3.8) is 0 Å². The second kappa shape index (κ2) is 15.4. The van der Waals surface area contributed by atoms with Gasteiger partial charge >= 0.3 is 6.09 Å². The zero-order valence-corrected chi connectivity index (χ0v) is 30.2. The topological polar surface area (TPSA) is 95.5 Å². The Kier molecular flexibility index (Phi) is 12.1. The van der Waals surface area contributed by atoms with Crippen molar-refractivity contribution in [1.29, 1.82) is 0 Å². The van der Waals surface area contributed by atoms with Crippen molar-refractivity contribution in [2.45, 2.75) is 109 Å². The maximum atomic E-state index is 13.2. The molecule has 1 amide bonds. The summed E-state index contributed by atoms with van der Waals surface area (Å²) in [6.45, 7) is 16.5. The van der Waals surface area contributed by atoms with Crippen molar-refractivity contribution in [1.82, 2.24) is 5.32 Å². The van der Waals surface area contributed by atoms with Gasteiger partial charge in [-0.25, -0.2) is 4.79 Å². The minimum atomic E-state index is -3.13. The number of carbonyl (C=O) groups is 1. The van der Waals surface area contributed by atoms with Crippen LogP contribution in [-0.2, 0) is 30.0 Å². The number of alkyl carbamates (subject to hydrolysis) is 1. The molecule has 3 aromatic carbocycles. The summed E-state index contributed by atoms with van der Waals surface area (Å²) in [4.78, 5) is 13.2. The van der Waals surface area contributed by atoms with Gasteiger partial charge in [0.05, 0.1) is 32.0 Å². The van der Waals surface area contributed by atoms with Gasteiger partial charge in [0.2, 0.25) is 0 Å². The minimum absolute atomic E-state index is 0.176. The highest BCUT2D eigenvalue weighted by molar-refractivity contribution is 6.99. The van der Waals surface area contributed by atoms with E-state index >= 15 is 0 Å². The van der Waals surface area contributed by atoms with E-state index in [2.05, 4.69) is 50.4 Å². The summed E-state index contributed by atoms with van der Waals surface area (Å²) >= 11 is 0. The molecule has 0 bridgehead atoms. The quantitative estimate of drug-likeness (QED) is 0.219. The van der Waals surface area contributed by atoms with E-state index in [1.807, 2.05) is 101 Å². The minimum Gasteiger partial charge on any atom is -0.444 e. The van der Waals surface area contributed by atoms with E-state index < -0.39 is 50.2 Å². The molecule has 47 heavy (non-hydrogen) atoms. The fourth-order valence-electron chi connectivity index (χ4n) is 6.12. The van der Waals surface area contributed by atoms with Crippen LogP contribution in [0, 0.1) is 0 Å². The molecule has 1 aliphatic rings. The van der Waals surface area contributed by atoms with Crippen LogP contribution in [0.2, 0.25) is 5.04 Å². The maximum Gasteiger partial charge on any atom is 0.407 e. The monoisotopic (exact) mass is 663 g/mol. The third kappa shape index (κ3) is 9.98. The molecule has 9 heteroatoms. The first kappa shape index (κ1) is 36.8. The molecule has 1 unspecified atom stereocenters. The van der Waals surface area contributed by atoms with Gasteiger partial charge < -0.3 is 33.8 Å². The molecule has 4 atom stereocenters. The Bertz CT molecular complexity index is 1350. The van der Waals surface area contributed by atoms with E-state index in [1.54, 1.807) is 0 Å². The van der Waals surface area contributed by atoms with Gasteiger partial charge in [0.1, 0.15) is 17.8 Å². The predicted molar refractivity (Wildman–Crippen MR) is 187 cm³/mol. The first-order chi connectivity index (χ1) is 22.1. The highest BCUT2D eigenvalue weighted by atomic mass is 28.4. The second-order valence-corrected chi connectivity index (χ2v) is 19.0. The van der Waals surface area contributed by atoms with E-state index in [4.69, 9.17) is 23.4 Å². The van der Waals surface area contributed by atoms with Crippen LogP contribution in [-0.4, -0.2) is 68.5 Å². The largest absolute Gasteiger partial charge is 0.444 e. The zero-order chi connectivity index (χ0) is 34.3. The van der Waals surface area contributed by atoms with Crippen LogP contribution in [0.15, 0.2) is 91.0 Å². The van der Waals surface area contributed by atoms with Crippen molar-refractivity contribution in [3.05, 3.63) is 96.6 Å². The first-order valence-electron chi connectivity index (χ1n) is 16.5. The van der Waals surface area contributed by atoms with E-state index in [-0.39, 0.29) is 24.7 Å². The Hall–Kier alpha value is -3.05. The van der Waals surface area contributed by atoms with Crippen LogP contribution in [0.25, 0.3) is 0 Å². The lowest BCUT2D eigenvalue weighted by molar-refractivity contribution is -0.160. The van der Waals surface area contributed by atoms with Crippen LogP contribution in [0.1, 0.15) is 67.4 Å². The lowest BCUT2D eigenvalue weighted by Crippen LogP contribution is -2.69. The normalized spacial score (nSPS) is 18.7. The van der Waals surface area contributed by atoms with Crippen LogP contribution in [0.5, 0.6) is 0 Å². The lowest BCUT2D eigenvalue weighted by atomic mass is 10.0. The maximum absolute atomic E-state index is 13.2. The van der Waals surface area contributed by atoms with Gasteiger partial charge in [-0.2, -0.15) is 0 Å². The van der Waals surface area contributed by atoms with Crippen molar-refractivity contribution in [2.75, 3.05) is 13.2 Å². The van der Waals surface area contributed by atoms with E-state index in [9.17, 15) is 9.90 Å². The Morgan fingerprint density at radius 3 is 1.91 bits per heavy atom. The summed E-state index contributed by atoms with van der Waals surface area (Å²) < 4.78 is 31.4. The molecule has 0 aliphatic carbocycles. The van der Waals surface area contributed by atoms with Crippen LogP contribution >= 0.6 is 0 Å². The third-order valence-electron chi connectivity index (χ3n) is 8.21. The van der Waals surface area contributed by atoms with Crippen LogP contribution < -0.4 is 15.7 Å². The number of nitrogens with one attached hydrogen (secondary N) is 1. The van der Waals surface area contributed by atoms with Crippen molar-refractivity contribution in [2.24, 2.45) is 0 Å². The van der Waals surface area contributed by atoms with Crippen molar-refractivity contribution >= 4 is 24.8 Å². The summed E-state index contributed by atoms with van der Waals surface area (Å²) in [7, 11) is -3.13. The number of aliphatic hydroxyl groups is 1. The Labute approximate surface area is 281 Å². The average molecular weight is 664 g/mol. The molecule has 0 radical (unpaired) electrons. The average Bonchev–Trinajstić information content (AvgIpc) is 3.38.